The number of nitrogens with one attached hydrogen (secondary N) is 1. The van der Waals surface area contributed by atoms with E-state index in [0.717, 1.165) is 35.2 Å². The smallest absolute Gasteiger partial charge is 0.237 e. The minimum atomic E-state index is 0.0754. The van der Waals surface area contributed by atoms with Crippen LogP contribution in [0.2, 0.25) is 0 Å². The fourth-order valence-electron chi connectivity index (χ4n) is 3.17. The number of hydrogen-bond acceptors (Lipinski definition) is 4. The van der Waals surface area contributed by atoms with Crippen LogP contribution in [0.5, 0.6) is 0 Å². The van der Waals surface area contributed by atoms with E-state index >= 15 is 0 Å². The summed E-state index contributed by atoms with van der Waals surface area (Å²) in [5.74, 6) is 0.447. The molecular weight excluding hydrogens is 380 g/mol. The molecule has 1 amide bonds. The molecule has 0 aliphatic rings. The number of nitrogens with zero attached hydrogens (tertiary/aromatic N) is 3. The second-order valence-corrected chi connectivity index (χ2v) is 8.03. The van der Waals surface area contributed by atoms with Gasteiger partial charge in [0.2, 0.25) is 5.91 Å². The molecule has 0 radical (unpaired) electrons. The minimum absolute atomic E-state index is 0.0754. The van der Waals surface area contributed by atoms with Crippen molar-refractivity contribution in [1.82, 2.24) is 9.55 Å². The van der Waals surface area contributed by atoms with Crippen LogP contribution in [0, 0.1) is 0 Å². The number of anilines is 3. The quantitative estimate of drug-likeness (QED) is 0.470. The van der Waals surface area contributed by atoms with Crippen molar-refractivity contribution in [1.29, 1.82) is 0 Å². The first-order valence-corrected chi connectivity index (χ1v) is 10.9. The molecule has 1 heterocycles. The normalized spacial score (nSPS) is 10.9. The molecule has 0 spiro atoms. The average molecular weight is 409 g/mol. The van der Waals surface area contributed by atoms with Crippen LogP contribution in [0.1, 0.15) is 27.2 Å². The lowest BCUT2D eigenvalue weighted by Gasteiger charge is -2.27. The van der Waals surface area contributed by atoms with Gasteiger partial charge in [-0.3, -0.25) is 4.79 Å². The lowest BCUT2D eigenvalue weighted by molar-refractivity contribution is -0.116. The van der Waals surface area contributed by atoms with Crippen LogP contribution in [0.15, 0.2) is 72.1 Å². The van der Waals surface area contributed by atoms with Gasteiger partial charge >= 0.3 is 0 Å². The standard InChI is InChI=1S/C23H28N4OS/c1-4-15-26-16-14-24-23(26)29-17-22(28)27(18(2)3)21-12-10-20(11-13-21)25-19-8-6-5-7-9-19/h5-14,16,18,25H,4,15,17H2,1-3H3. The third-order valence-electron chi connectivity index (χ3n) is 4.46. The summed E-state index contributed by atoms with van der Waals surface area (Å²) in [6.45, 7) is 7.13. The number of thioether (sulfide) groups is 1. The molecule has 3 rings (SSSR count). The van der Waals surface area contributed by atoms with Crippen LogP contribution in [-0.4, -0.2) is 27.3 Å². The van der Waals surface area contributed by atoms with E-state index in [-0.39, 0.29) is 11.9 Å². The van der Waals surface area contributed by atoms with Gasteiger partial charge in [0.15, 0.2) is 5.16 Å². The van der Waals surface area contributed by atoms with Crippen LogP contribution < -0.4 is 10.2 Å². The number of para-hydroxylation sites is 1. The molecule has 0 aliphatic carbocycles. The maximum absolute atomic E-state index is 13.0. The van der Waals surface area contributed by atoms with Crippen LogP contribution in [-0.2, 0) is 11.3 Å². The van der Waals surface area contributed by atoms with Crippen LogP contribution >= 0.6 is 11.8 Å². The highest BCUT2D eigenvalue weighted by Crippen LogP contribution is 2.25. The van der Waals surface area contributed by atoms with Gasteiger partial charge < -0.3 is 14.8 Å². The summed E-state index contributed by atoms with van der Waals surface area (Å²) in [6, 6.07) is 18.1. The summed E-state index contributed by atoms with van der Waals surface area (Å²) < 4.78 is 2.10. The fraction of sp³-hybridized carbons (Fsp3) is 0.304. The molecule has 0 atom stereocenters. The highest BCUT2D eigenvalue weighted by Gasteiger charge is 2.20. The van der Waals surface area contributed by atoms with E-state index in [2.05, 4.69) is 21.8 Å². The Hall–Kier alpha value is -2.73. The number of amides is 1. The van der Waals surface area contributed by atoms with E-state index in [0.29, 0.717) is 5.75 Å². The van der Waals surface area contributed by atoms with E-state index in [1.54, 1.807) is 6.20 Å². The van der Waals surface area contributed by atoms with E-state index in [9.17, 15) is 4.79 Å². The second-order valence-electron chi connectivity index (χ2n) is 7.09. The largest absolute Gasteiger partial charge is 0.356 e. The van der Waals surface area contributed by atoms with Crippen molar-refractivity contribution in [3.05, 3.63) is 67.0 Å². The minimum Gasteiger partial charge on any atom is -0.356 e. The van der Waals surface area contributed by atoms with Crippen molar-refractivity contribution >= 4 is 34.7 Å². The highest BCUT2D eigenvalue weighted by atomic mass is 32.2. The van der Waals surface area contributed by atoms with E-state index < -0.39 is 0 Å². The summed E-state index contributed by atoms with van der Waals surface area (Å²) >= 11 is 1.50. The van der Waals surface area contributed by atoms with Crippen molar-refractivity contribution in [2.75, 3.05) is 16.0 Å². The number of hydrogen-bond donors (Lipinski definition) is 1. The molecule has 0 unspecified atom stereocenters. The molecule has 1 N–H and O–H groups in total. The molecule has 1 aromatic heterocycles. The molecular formula is C23H28N4OS. The zero-order valence-corrected chi connectivity index (χ0v) is 18.0. The fourth-order valence-corrected chi connectivity index (χ4v) is 4.01. The summed E-state index contributed by atoms with van der Waals surface area (Å²) in [5, 5.41) is 4.27. The Balaban J connectivity index is 1.66. The molecule has 0 saturated heterocycles. The third-order valence-corrected chi connectivity index (χ3v) is 5.45. The first-order valence-electron chi connectivity index (χ1n) is 9.96. The van der Waals surface area contributed by atoms with Gasteiger partial charge in [0.25, 0.3) is 0 Å². The van der Waals surface area contributed by atoms with Crippen molar-refractivity contribution in [3.63, 3.8) is 0 Å². The third kappa shape index (κ3) is 5.64. The zero-order chi connectivity index (χ0) is 20.6. The van der Waals surface area contributed by atoms with Crippen molar-refractivity contribution < 1.29 is 4.79 Å². The Labute approximate surface area is 177 Å². The van der Waals surface area contributed by atoms with Crippen molar-refractivity contribution in [2.45, 2.75) is 44.9 Å². The number of benzene rings is 2. The maximum atomic E-state index is 13.0. The molecule has 152 valence electrons. The van der Waals surface area contributed by atoms with E-state index in [1.807, 2.05) is 79.5 Å². The Morgan fingerprint density at radius 3 is 2.45 bits per heavy atom. The van der Waals surface area contributed by atoms with Crippen LogP contribution in [0.25, 0.3) is 0 Å². The Bertz CT molecular complexity index is 906. The summed E-state index contributed by atoms with van der Waals surface area (Å²) in [5.41, 5.74) is 2.93. The monoisotopic (exact) mass is 408 g/mol. The highest BCUT2D eigenvalue weighted by molar-refractivity contribution is 7.99. The molecule has 0 aliphatic heterocycles. The van der Waals surface area contributed by atoms with E-state index in [1.165, 1.54) is 11.8 Å². The predicted octanol–water partition coefficient (Wildman–Crippen LogP) is 5.57. The molecule has 3 aromatic rings. The van der Waals surface area contributed by atoms with Crippen LogP contribution in [0.4, 0.5) is 17.1 Å². The van der Waals surface area contributed by atoms with Crippen molar-refractivity contribution in [2.24, 2.45) is 0 Å². The number of aromatic nitrogens is 2. The first kappa shape index (κ1) is 21.0. The van der Waals surface area contributed by atoms with Gasteiger partial charge in [-0.15, -0.1) is 0 Å². The van der Waals surface area contributed by atoms with Gasteiger partial charge in [0.1, 0.15) is 0 Å². The molecule has 2 aromatic carbocycles. The lowest BCUT2D eigenvalue weighted by Crippen LogP contribution is -2.38. The Kier molecular flexibility index (Phi) is 7.36. The first-order chi connectivity index (χ1) is 14.1. The topological polar surface area (TPSA) is 50.2 Å². The molecule has 0 saturated carbocycles. The van der Waals surface area contributed by atoms with Gasteiger partial charge in [-0.25, -0.2) is 4.98 Å². The maximum Gasteiger partial charge on any atom is 0.237 e. The number of imidazole rings is 1. The summed E-state index contributed by atoms with van der Waals surface area (Å²) in [7, 11) is 0. The second kappa shape index (κ2) is 10.2. The predicted molar refractivity (Wildman–Crippen MR) is 122 cm³/mol. The van der Waals surface area contributed by atoms with Gasteiger partial charge in [-0.2, -0.15) is 0 Å². The molecule has 29 heavy (non-hydrogen) atoms. The Morgan fingerprint density at radius 1 is 1.10 bits per heavy atom. The summed E-state index contributed by atoms with van der Waals surface area (Å²) in [4.78, 5) is 19.2. The van der Waals surface area contributed by atoms with Crippen molar-refractivity contribution in [3.8, 4) is 0 Å². The summed E-state index contributed by atoms with van der Waals surface area (Å²) in [6.07, 6.45) is 4.80. The Morgan fingerprint density at radius 2 is 1.79 bits per heavy atom. The molecule has 6 heteroatoms. The molecule has 5 nitrogen and oxygen atoms in total. The number of carbonyl (C=O) groups is 1. The van der Waals surface area contributed by atoms with Gasteiger partial charge in [0.05, 0.1) is 5.75 Å². The zero-order valence-electron chi connectivity index (χ0n) is 17.2. The van der Waals surface area contributed by atoms with Crippen LogP contribution in [0.3, 0.4) is 0 Å². The van der Waals surface area contributed by atoms with E-state index in [4.69, 9.17) is 0 Å². The number of rotatable bonds is 9. The van der Waals surface area contributed by atoms with Gasteiger partial charge in [0, 0.05) is 42.0 Å². The molecule has 0 bridgehead atoms. The number of aryl methyl sites for hydroxylation is 1. The SMILES string of the molecule is CCCn1ccnc1SCC(=O)N(c1ccc(Nc2ccccc2)cc1)C(C)C. The van der Waals surface area contributed by atoms with Gasteiger partial charge in [-0.1, -0.05) is 36.9 Å². The number of carbonyl (C=O) groups excluding carboxylic acids is 1. The molecule has 0 fully saturated rings. The lowest BCUT2D eigenvalue weighted by atomic mass is 10.2. The average Bonchev–Trinajstić information content (AvgIpc) is 3.16. The van der Waals surface area contributed by atoms with Gasteiger partial charge in [-0.05, 0) is 56.7 Å².